The lowest BCUT2D eigenvalue weighted by Crippen LogP contribution is -2.03. The maximum atomic E-state index is 5.90. The smallest absolute Gasteiger partial charge is 0.154 e. The molecule has 0 aliphatic rings. The van der Waals surface area contributed by atoms with Gasteiger partial charge < -0.3 is 9.73 Å². The SMILES string of the molecule is CCNc1ncnc(-c2cc3cc(C)ccc3o2)c1C. The van der Waals surface area contributed by atoms with Gasteiger partial charge in [0.05, 0.1) is 0 Å². The van der Waals surface area contributed by atoms with E-state index in [1.807, 2.05) is 32.0 Å². The summed E-state index contributed by atoms with van der Waals surface area (Å²) in [6.07, 6.45) is 1.57. The first-order valence-corrected chi connectivity index (χ1v) is 6.75. The Morgan fingerprint density at radius 3 is 2.80 bits per heavy atom. The normalized spacial score (nSPS) is 10.9. The number of nitrogens with one attached hydrogen (secondary N) is 1. The third-order valence-corrected chi connectivity index (χ3v) is 3.33. The molecule has 0 saturated carbocycles. The van der Waals surface area contributed by atoms with E-state index >= 15 is 0 Å². The van der Waals surface area contributed by atoms with Gasteiger partial charge in [0, 0.05) is 17.5 Å². The van der Waals surface area contributed by atoms with E-state index < -0.39 is 0 Å². The van der Waals surface area contributed by atoms with Gasteiger partial charge in [-0.2, -0.15) is 0 Å². The predicted molar refractivity (Wildman–Crippen MR) is 80.9 cm³/mol. The van der Waals surface area contributed by atoms with Crippen LogP contribution in [-0.2, 0) is 0 Å². The lowest BCUT2D eigenvalue weighted by molar-refractivity contribution is 0.627. The average Bonchev–Trinajstić information content (AvgIpc) is 2.84. The highest BCUT2D eigenvalue weighted by Crippen LogP contribution is 2.30. The van der Waals surface area contributed by atoms with Gasteiger partial charge in [0.25, 0.3) is 0 Å². The van der Waals surface area contributed by atoms with Crippen molar-refractivity contribution in [3.63, 3.8) is 0 Å². The van der Waals surface area contributed by atoms with Crippen molar-refractivity contribution in [3.8, 4) is 11.5 Å². The Balaban J connectivity index is 2.13. The van der Waals surface area contributed by atoms with Gasteiger partial charge in [-0.05, 0) is 39.0 Å². The number of rotatable bonds is 3. The Bertz CT molecular complexity index is 762. The minimum atomic E-state index is 0.782. The van der Waals surface area contributed by atoms with E-state index in [0.29, 0.717) is 0 Å². The lowest BCUT2D eigenvalue weighted by atomic mass is 10.1. The minimum Gasteiger partial charge on any atom is -0.454 e. The summed E-state index contributed by atoms with van der Waals surface area (Å²) in [6, 6.07) is 8.19. The standard InChI is InChI=1S/C16H17N3O/c1-4-17-16-11(3)15(18-9-19-16)14-8-12-7-10(2)5-6-13(12)20-14/h5-9H,4H2,1-3H3,(H,17,18,19). The average molecular weight is 267 g/mol. The highest BCUT2D eigenvalue weighted by molar-refractivity contribution is 5.83. The Morgan fingerprint density at radius 1 is 1.15 bits per heavy atom. The zero-order valence-corrected chi connectivity index (χ0v) is 11.9. The van der Waals surface area contributed by atoms with Crippen LogP contribution >= 0.6 is 0 Å². The third kappa shape index (κ3) is 2.13. The summed E-state index contributed by atoms with van der Waals surface area (Å²) in [4.78, 5) is 8.62. The van der Waals surface area contributed by atoms with E-state index in [2.05, 4.69) is 28.3 Å². The molecule has 0 aliphatic carbocycles. The Morgan fingerprint density at radius 2 is 2.00 bits per heavy atom. The zero-order valence-electron chi connectivity index (χ0n) is 11.9. The molecule has 0 bridgehead atoms. The van der Waals surface area contributed by atoms with E-state index in [-0.39, 0.29) is 0 Å². The molecule has 0 unspecified atom stereocenters. The maximum Gasteiger partial charge on any atom is 0.154 e. The second kappa shape index (κ2) is 4.96. The molecule has 0 radical (unpaired) electrons. The Hall–Kier alpha value is -2.36. The Labute approximate surface area is 117 Å². The van der Waals surface area contributed by atoms with Crippen LogP contribution in [0, 0.1) is 13.8 Å². The monoisotopic (exact) mass is 267 g/mol. The zero-order chi connectivity index (χ0) is 14.1. The molecule has 0 fully saturated rings. The highest BCUT2D eigenvalue weighted by Gasteiger charge is 2.13. The van der Waals surface area contributed by atoms with Gasteiger partial charge in [-0.1, -0.05) is 11.6 Å². The van der Waals surface area contributed by atoms with Crippen molar-refractivity contribution in [2.24, 2.45) is 0 Å². The fraction of sp³-hybridized carbons (Fsp3) is 0.250. The summed E-state index contributed by atoms with van der Waals surface area (Å²) in [7, 11) is 0. The molecule has 0 aliphatic heterocycles. The van der Waals surface area contributed by atoms with Gasteiger partial charge in [-0.25, -0.2) is 9.97 Å². The molecule has 3 aromatic rings. The van der Waals surface area contributed by atoms with E-state index in [0.717, 1.165) is 40.3 Å². The van der Waals surface area contributed by atoms with Crippen molar-refractivity contribution in [2.45, 2.75) is 20.8 Å². The minimum absolute atomic E-state index is 0.782. The molecule has 4 heteroatoms. The van der Waals surface area contributed by atoms with E-state index in [1.54, 1.807) is 6.33 Å². The fourth-order valence-corrected chi connectivity index (χ4v) is 2.32. The summed E-state index contributed by atoms with van der Waals surface area (Å²) >= 11 is 0. The number of hydrogen-bond donors (Lipinski definition) is 1. The summed E-state index contributed by atoms with van der Waals surface area (Å²) in [5, 5.41) is 4.34. The predicted octanol–water partition coefficient (Wildman–Crippen LogP) is 3.94. The lowest BCUT2D eigenvalue weighted by Gasteiger charge is -2.08. The van der Waals surface area contributed by atoms with Crippen LogP contribution in [0.25, 0.3) is 22.4 Å². The van der Waals surface area contributed by atoms with E-state index in [1.165, 1.54) is 5.56 Å². The van der Waals surface area contributed by atoms with Crippen LogP contribution in [0.2, 0.25) is 0 Å². The van der Waals surface area contributed by atoms with Crippen molar-refractivity contribution in [1.29, 1.82) is 0 Å². The van der Waals surface area contributed by atoms with Crippen LogP contribution in [0.3, 0.4) is 0 Å². The molecule has 3 rings (SSSR count). The molecule has 20 heavy (non-hydrogen) atoms. The second-order valence-electron chi connectivity index (χ2n) is 4.88. The van der Waals surface area contributed by atoms with Crippen LogP contribution in [0.1, 0.15) is 18.1 Å². The van der Waals surface area contributed by atoms with Crippen LogP contribution < -0.4 is 5.32 Å². The molecular weight excluding hydrogens is 250 g/mol. The van der Waals surface area contributed by atoms with Crippen LogP contribution in [-0.4, -0.2) is 16.5 Å². The molecule has 1 N–H and O–H groups in total. The van der Waals surface area contributed by atoms with Crippen molar-refractivity contribution >= 4 is 16.8 Å². The number of hydrogen-bond acceptors (Lipinski definition) is 4. The Kier molecular flexibility index (Phi) is 3.14. The van der Waals surface area contributed by atoms with Crippen LogP contribution in [0.15, 0.2) is 35.0 Å². The topological polar surface area (TPSA) is 51.0 Å². The van der Waals surface area contributed by atoms with Gasteiger partial charge >= 0.3 is 0 Å². The third-order valence-electron chi connectivity index (χ3n) is 3.33. The summed E-state index contributed by atoms with van der Waals surface area (Å²) < 4.78 is 5.90. The first kappa shape index (κ1) is 12.7. The van der Waals surface area contributed by atoms with Gasteiger partial charge in [0.15, 0.2) is 5.76 Å². The number of aromatic nitrogens is 2. The van der Waals surface area contributed by atoms with Crippen molar-refractivity contribution < 1.29 is 4.42 Å². The molecular formula is C16H17N3O. The molecule has 0 atom stereocenters. The van der Waals surface area contributed by atoms with Gasteiger partial charge in [0.2, 0.25) is 0 Å². The summed E-state index contributed by atoms with van der Waals surface area (Å²) in [6.45, 7) is 6.96. The summed E-state index contributed by atoms with van der Waals surface area (Å²) in [5.41, 5.74) is 3.95. The van der Waals surface area contributed by atoms with Crippen molar-refractivity contribution in [1.82, 2.24) is 9.97 Å². The number of fused-ring (bicyclic) bond motifs is 1. The first-order valence-electron chi connectivity index (χ1n) is 6.75. The fourth-order valence-electron chi connectivity index (χ4n) is 2.32. The highest BCUT2D eigenvalue weighted by atomic mass is 16.3. The van der Waals surface area contributed by atoms with Gasteiger partial charge in [-0.3, -0.25) is 0 Å². The molecule has 0 saturated heterocycles. The summed E-state index contributed by atoms with van der Waals surface area (Å²) in [5.74, 6) is 1.64. The van der Waals surface area contributed by atoms with Gasteiger partial charge in [-0.15, -0.1) is 0 Å². The molecule has 0 spiro atoms. The van der Waals surface area contributed by atoms with E-state index in [4.69, 9.17) is 4.42 Å². The number of aryl methyl sites for hydroxylation is 1. The van der Waals surface area contributed by atoms with E-state index in [9.17, 15) is 0 Å². The first-order chi connectivity index (χ1) is 9.69. The van der Waals surface area contributed by atoms with Crippen molar-refractivity contribution in [3.05, 3.63) is 41.7 Å². The maximum absolute atomic E-state index is 5.90. The number of furan rings is 1. The quantitative estimate of drug-likeness (QED) is 0.781. The molecule has 102 valence electrons. The number of anilines is 1. The largest absolute Gasteiger partial charge is 0.454 e. The van der Waals surface area contributed by atoms with Crippen LogP contribution in [0.4, 0.5) is 5.82 Å². The number of nitrogens with zero attached hydrogens (tertiary/aromatic N) is 2. The van der Waals surface area contributed by atoms with Gasteiger partial charge in [0.1, 0.15) is 23.4 Å². The molecule has 1 aromatic carbocycles. The molecule has 4 nitrogen and oxygen atoms in total. The van der Waals surface area contributed by atoms with Crippen LogP contribution in [0.5, 0.6) is 0 Å². The molecule has 2 heterocycles. The second-order valence-corrected chi connectivity index (χ2v) is 4.88. The molecule has 0 amide bonds. The molecule has 2 aromatic heterocycles. The number of benzene rings is 1. The van der Waals surface area contributed by atoms with Crippen molar-refractivity contribution in [2.75, 3.05) is 11.9 Å².